The zero-order valence-electron chi connectivity index (χ0n) is 13.4. The molecule has 1 N–H and O–H groups in total. The van der Waals surface area contributed by atoms with E-state index in [0.29, 0.717) is 12.2 Å². The first kappa shape index (κ1) is 16.2. The molecule has 2 amide bonds. The average molecular weight is 380 g/mol. The van der Waals surface area contributed by atoms with Crippen molar-refractivity contribution < 1.29 is 9.59 Å². The Labute approximate surface area is 152 Å². The van der Waals surface area contributed by atoms with Crippen molar-refractivity contribution in [3.8, 4) is 0 Å². The van der Waals surface area contributed by atoms with Crippen LogP contribution in [0.5, 0.6) is 0 Å². The first-order valence-corrected chi connectivity index (χ1v) is 10.7. The fourth-order valence-corrected chi connectivity index (χ4v) is 6.27. The number of benzene rings is 1. The zero-order chi connectivity index (χ0) is 16.9. The Hall–Kier alpha value is -1.25. The van der Waals surface area contributed by atoms with Gasteiger partial charge < -0.3 is 10.2 Å². The fraction of sp³-hybridized carbons (Fsp3) is 0.438. The molecule has 126 valence electrons. The molecular formula is C16H17N3O2S3. The van der Waals surface area contributed by atoms with Crippen molar-refractivity contribution in [2.75, 3.05) is 17.3 Å². The van der Waals surface area contributed by atoms with Gasteiger partial charge in [0.2, 0.25) is 11.8 Å². The number of aromatic nitrogens is 1. The minimum Gasteiger partial charge on any atom is -0.324 e. The van der Waals surface area contributed by atoms with Gasteiger partial charge in [0, 0.05) is 17.9 Å². The second-order valence-electron chi connectivity index (χ2n) is 6.12. The molecule has 0 radical (unpaired) electrons. The number of hydrogen-bond acceptors (Lipinski definition) is 6. The third kappa shape index (κ3) is 2.60. The number of carbonyl (C=O) groups excluding carboxylic acids is 2. The van der Waals surface area contributed by atoms with Gasteiger partial charge in [0.05, 0.1) is 15.1 Å². The zero-order valence-corrected chi connectivity index (χ0v) is 15.8. The van der Waals surface area contributed by atoms with Gasteiger partial charge in [-0.25, -0.2) is 4.98 Å². The molecule has 4 rings (SSSR count). The summed E-state index contributed by atoms with van der Waals surface area (Å²) in [6, 6.07) is 5.37. The maximum atomic E-state index is 12.7. The van der Waals surface area contributed by atoms with Crippen LogP contribution in [0.4, 0.5) is 5.69 Å². The quantitative estimate of drug-likeness (QED) is 0.828. The van der Waals surface area contributed by atoms with Gasteiger partial charge in [0.25, 0.3) is 0 Å². The van der Waals surface area contributed by atoms with E-state index in [1.54, 1.807) is 39.8 Å². The van der Waals surface area contributed by atoms with Gasteiger partial charge in [-0.1, -0.05) is 11.8 Å². The summed E-state index contributed by atoms with van der Waals surface area (Å²) < 4.78 is 2.07. The van der Waals surface area contributed by atoms with Crippen molar-refractivity contribution in [3.63, 3.8) is 0 Å². The van der Waals surface area contributed by atoms with Gasteiger partial charge in [-0.3, -0.25) is 9.59 Å². The number of carbonyl (C=O) groups is 2. The third-order valence-corrected chi connectivity index (χ3v) is 8.07. The molecule has 1 aromatic heterocycles. The Morgan fingerprint density at radius 1 is 1.50 bits per heavy atom. The largest absolute Gasteiger partial charge is 0.324 e. The number of nitrogens with zero attached hydrogens (tertiary/aromatic N) is 2. The molecule has 1 aromatic carbocycles. The molecule has 8 heteroatoms. The lowest BCUT2D eigenvalue weighted by Gasteiger charge is -2.29. The minimum absolute atomic E-state index is 0.0881. The molecule has 0 aliphatic carbocycles. The molecule has 0 saturated carbocycles. The van der Waals surface area contributed by atoms with Crippen molar-refractivity contribution in [3.05, 3.63) is 18.2 Å². The minimum atomic E-state index is -0.381. The van der Waals surface area contributed by atoms with Crippen LogP contribution >= 0.6 is 34.9 Å². The number of nitrogens with one attached hydrogen (secondary N) is 1. The van der Waals surface area contributed by atoms with Gasteiger partial charge in [-0.2, -0.15) is 0 Å². The molecule has 2 atom stereocenters. The normalized spacial score (nSPS) is 26.2. The molecule has 2 fully saturated rings. The molecule has 0 spiro atoms. The van der Waals surface area contributed by atoms with Crippen LogP contribution in [0.2, 0.25) is 0 Å². The molecule has 2 aliphatic rings. The van der Waals surface area contributed by atoms with E-state index in [1.165, 1.54) is 0 Å². The molecule has 2 saturated heterocycles. The van der Waals surface area contributed by atoms with Crippen LogP contribution in [0, 0.1) is 0 Å². The van der Waals surface area contributed by atoms with E-state index in [1.807, 2.05) is 24.5 Å². The Balaban J connectivity index is 1.55. The Morgan fingerprint density at radius 2 is 2.33 bits per heavy atom. The van der Waals surface area contributed by atoms with E-state index in [-0.39, 0.29) is 22.7 Å². The summed E-state index contributed by atoms with van der Waals surface area (Å²) in [5.41, 5.74) is 1.70. The summed E-state index contributed by atoms with van der Waals surface area (Å²) in [4.78, 5) is 30.9. The molecule has 0 unspecified atom stereocenters. The van der Waals surface area contributed by atoms with E-state index in [0.717, 1.165) is 26.7 Å². The number of thioether (sulfide) groups is 2. The lowest BCUT2D eigenvalue weighted by atomic mass is 10.2. The second-order valence-corrected chi connectivity index (χ2v) is 9.71. The molecule has 2 aliphatic heterocycles. The monoisotopic (exact) mass is 379 g/mol. The molecule has 0 bridgehead atoms. The second kappa shape index (κ2) is 5.93. The van der Waals surface area contributed by atoms with Crippen LogP contribution in [0.1, 0.15) is 19.8 Å². The number of thiazole rings is 1. The van der Waals surface area contributed by atoms with E-state index in [9.17, 15) is 9.59 Å². The highest BCUT2D eigenvalue weighted by Gasteiger charge is 2.52. The smallest absolute Gasteiger partial charge is 0.248 e. The highest BCUT2D eigenvalue weighted by Crippen LogP contribution is 2.47. The van der Waals surface area contributed by atoms with Gasteiger partial charge in [-0.05, 0) is 37.8 Å². The first-order valence-electron chi connectivity index (χ1n) is 7.72. The first-order chi connectivity index (χ1) is 11.5. The van der Waals surface area contributed by atoms with Crippen LogP contribution in [0.15, 0.2) is 22.5 Å². The van der Waals surface area contributed by atoms with Gasteiger partial charge in [0.15, 0.2) is 4.34 Å². The Morgan fingerprint density at radius 3 is 3.12 bits per heavy atom. The topological polar surface area (TPSA) is 62.3 Å². The number of anilines is 1. The average Bonchev–Trinajstić information content (AvgIpc) is 3.20. The maximum absolute atomic E-state index is 12.7. The lowest BCUT2D eigenvalue weighted by Crippen LogP contribution is -2.48. The maximum Gasteiger partial charge on any atom is 0.248 e. The third-order valence-electron chi connectivity index (χ3n) is 4.56. The van der Waals surface area contributed by atoms with Gasteiger partial charge >= 0.3 is 0 Å². The van der Waals surface area contributed by atoms with Crippen LogP contribution in [-0.4, -0.2) is 44.6 Å². The number of rotatable bonds is 3. The van der Waals surface area contributed by atoms with Crippen molar-refractivity contribution >= 4 is 62.6 Å². The van der Waals surface area contributed by atoms with Crippen LogP contribution in [-0.2, 0) is 9.59 Å². The number of fused-ring (bicyclic) bond motifs is 2. The van der Waals surface area contributed by atoms with Crippen molar-refractivity contribution in [1.29, 1.82) is 0 Å². The predicted octanol–water partition coefficient (Wildman–Crippen LogP) is 3.41. The standard InChI is InChI=1S/C16H17N3O2S3/c1-16-6-5-13(20)19(16)11(8-23-16)14(21)17-9-3-4-10-12(7-9)24-15(18-10)22-2/h3-4,7,11H,5-6,8H2,1-2H3,(H,17,21)/t11-,16-/m0/s1. The number of amides is 2. The predicted molar refractivity (Wildman–Crippen MR) is 101 cm³/mol. The van der Waals surface area contributed by atoms with E-state index in [2.05, 4.69) is 17.2 Å². The van der Waals surface area contributed by atoms with E-state index in [4.69, 9.17) is 0 Å². The van der Waals surface area contributed by atoms with Crippen molar-refractivity contribution in [2.24, 2.45) is 0 Å². The van der Waals surface area contributed by atoms with Crippen LogP contribution < -0.4 is 5.32 Å². The van der Waals surface area contributed by atoms with Gasteiger partial charge in [0.1, 0.15) is 6.04 Å². The molecule has 3 heterocycles. The van der Waals surface area contributed by atoms with Gasteiger partial charge in [-0.15, -0.1) is 23.1 Å². The molecule has 5 nitrogen and oxygen atoms in total. The lowest BCUT2D eigenvalue weighted by molar-refractivity contribution is -0.135. The molecule has 24 heavy (non-hydrogen) atoms. The summed E-state index contributed by atoms with van der Waals surface area (Å²) >= 11 is 4.94. The summed E-state index contributed by atoms with van der Waals surface area (Å²) in [6.45, 7) is 2.06. The van der Waals surface area contributed by atoms with Crippen molar-refractivity contribution in [1.82, 2.24) is 9.88 Å². The summed E-state index contributed by atoms with van der Waals surface area (Å²) in [6.07, 6.45) is 3.37. The SMILES string of the molecule is CSc1nc2ccc(NC(=O)[C@@H]3CS[C@@]4(C)CCC(=O)N34)cc2s1. The highest BCUT2D eigenvalue weighted by molar-refractivity contribution is 8.01. The summed E-state index contributed by atoms with van der Waals surface area (Å²) in [7, 11) is 0. The Kier molecular flexibility index (Phi) is 4.01. The molecular weight excluding hydrogens is 362 g/mol. The van der Waals surface area contributed by atoms with E-state index < -0.39 is 0 Å². The molecule has 2 aromatic rings. The van der Waals surface area contributed by atoms with E-state index >= 15 is 0 Å². The number of hydrogen-bond donors (Lipinski definition) is 1. The summed E-state index contributed by atoms with van der Waals surface area (Å²) in [5.74, 6) is 0.647. The fourth-order valence-electron chi connectivity index (χ4n) is 3.31. The van der Waals surface area contributed by atoms with Crippen LogP contribution in [0.3, 0.4) is 0 Å². The van der Waals surface area contributed by atoms with Crippen molar-refractivity contribution in [2.45, 2.75) is 35.0 Å². The summed E-state index contributed by atoms with van der Waals surface area (Å²) in [5, 5.41) is 2.98. The van der Waals surface area contributed by atoms with Crippen LogP contribution in [0.25, 0.3) is 10.2 Å². The Bertz CT molecular complexity index is 837. The highest BCUT2D eigenvalue weighted by atomic mass is 32.2.